The molecule has 0 spiro atoms. The zero-order chi connectivity index (χ0) is 13.6. The maximum Gasteiger partial charge on any atom is 0.292 e. The number of hydrogen-bond acceptors (Lipinski definition) is 5. The minimum Gasteiger partial charge on any atom is -0.390 e. The van der Waals surface area contributed by atoms with Crippen molar-refractivity contribution in [3.8, 4) is 0 Å². The maximum absolute atomic E-state index is 12.4. The molecule has 102 valence electrons. The third-order valence-electron chi connectivity index (χ3n) is 3.56. The standard InChI is InChI=1S/C12H17N5O2/c1-7-3-10-9(4-13-7)11-12(19)16(2)14-8(6-18)5-17(11)15-10/h7,13,18H,3-6H2,1-2H3/t7-/m1/s1. The maximum atomic E-state index is 12.4. The lowest BCUT2D eigenvalue weighted by molar-refractivity contribution is 0.0791. The molecule has 2 aliphatic heterocycles. The highest BCUT2D eigenvalue weighted by atomic mass is 16.3. The fourth-order valence-corrected chi connectivity index (χ4v) is 2.59. The number of carbonyl (C=O) groups is 1. The Balaban J connectivity index is 2.09. The minimum atomic E-state index is -0.173. The van der Waals surface area contributed by atoms with Gasteiger partial charge in [-0.2, -0.15) is 10.2 Å². The molecule has 0 saturated heterocycles. The molecule has 3 rings (SSSR count). The molecule has 0 radical (unpaired) electrons. The van der Waals surface area contributed by atoms with E-state index in [4.69, 9.17) is 0 Å². The van der Waals surface area contributed by atoms with Gasteiger partial charge in [-0.15, -0.1) is 0 Å². The van der Waals surface area contributed by atoms with E-state index in [9.17, 15) is 9.90 Å². The Morgan fingerprint density at radius 2 is 2.32 bits per heavy atom. The first-order valence-corrected chi connectivity index (χ1v) is 6.37. The normalized spacial score (nSPS) is 22.7. The lowest BCUT2D eigenvalue weighted by Crippen LogP contribution is -2.34. The largest absolute Gasteiger partial charge is 0.390 e. The van der Waals surface area contributed by atoms with Crippen molar-refractivity contribution in [1.29, 1.82) is 0 Å². The van der Waals surface area contributed by atoms with Crippen LogP contribution in [-0.2, 0) is 19.5 Å². The van der Waals surface area contributed by atoms with Crippen LogP contribution in [0.3, 0.4) is 0 Å². The second-order valence-electron chi connectivity index (χ2n) is 5.07. The van der Waals surface area contributed by atoms with Gasteiger partial charge >= 0.3 is 0 Å². The van der Waals surface area contributed by atoms with E-state index < -0.39 is 0 Å². The molecule has 7 heteroatoms. The molecule has 19 heavy (non-hydrogen) atoms. The molecular weight excluding hydrogens is 246 g/mol. The van der Waals surface area contributed by atoms with Crippen molar-refractivity contribution in [3.05, 3.63) is 17.0 Å². The third-order valence-corrected chi connectivity index (χ3v) is 3.56. The van der Waals surface area contributed by atoms with Gasteiger partial charge in [0.15, 0.2) is 0 Å². The third kappa shape index (κ3) is 1.95. The summed E-state index contributed by atoms with van der Waals surface area (Å²) in [5, 5.41) is 22.5. The Kier molecular flexibility index (Phi) is 2.87. The van der Waals surface area contributed by atoms with Crippen molar-refractivity contribution < 1.29 is 9.90 Å². The predicted molar refractivity (Wildman–Crippen MR) is 68.8 cm³/mol. The van der Waals surface area contributed by atoms with Crippen LogP contribution in [0.1, 0.15) is 28.7 Å². The van der Waals surface area contributed by atoms with Crippen LogP contribution < -0.4 is 5.32 Å². The molecule has 2 aliphatic rings. The van der Waals surface area contributed by atoms with Crippen LogP contribution in [0.2, 0.25) is 0 Å². The Bertz CT molecular complexity index is 563. The predicted octanol–water partition coefficient (Wildman–Crippen LogP) is -0.649. The summed E-state index contributed by atoms with van der Waals surface area (Å²) in [7, 11) is 1.60. The lowest BCUT2D eigenvalue weighted by Gasteiger charge is -2.20. The summed E-state index contributed by atoms with van der Waals surface area (Å²) in [6.07, 6.45) is 0.817. The number of nitrogens with one attached hydrogen (secondary N) is 1. The number of amides is 1. The average Bonchev–Trinajstić information content (AvgIpc) is 2.68. The van der Waals surface area contributed by atoms with E-state index in [2.05, 4.69) is 22.4 Å². The van der Waals surface area contributed by atoms with Crippen LogP contribution in [0.25, 0.3) is 0 Å². The van der Waals surface area contributed by atoms with Gasteiger partial charge < -0.3 is 10.4 Å². The Hall–Kier alpha value is -1.73. The number of hydrazone groups is 1. The first-order valence-electron chi connectivity index (χ1n) is 6.37. The molecule has 0 saturated carbocycles. The van der Waals surface area contributed by atoms with Crippen molar-refractivity contribution in [2.75, 3.05) is 13.7 Å². The highest BCUT2D eigenvalue weighted by Gasteiger charge is 2.31. The van der Waals surface area contributed by atoms with Crippen LogP contribution in [0.15, 0.2) is 5.10 Å². The molecule has 2 N–H and O–H groups in total. The zero-order valence-electron chi connectivity index (χ0n) is 11.1. The summed E-state index contributed by atoms with van der Waals surface area (Å²) in [4.78, 5) is 12.4. The molecule has 1 aromatic heterocycles. The number of carbonyl (C=O) groups excluding carboxylic acids is 1. The van der Waals surface area contributed by atoms with Crippen molar-refractivity contribution in [3.63, 3.8) is 0 Å². The molecule has 7 nitrogen and oxygen atoms in total. The molecule has 3 heterocycles. The smallest absolute Gasteiger partial charge is 0.292 e. The first kappa shape index (κ1) is 12.3. The van der Waals surface area contributed by atoms with Crippen LogP contribution in [-0.4, -0.2) is 51.2 Å². The topological polar surface area (TPSA) is 82.8 Å². The van der Waals surface area contributed by atoms with Crippen molar-refractivity contribution in [2.45, 2.75) is 32.5 Å². The summed E-state index contributed by atoms with van der Waals surface area (Å²) in [5.74, 6) is -0.173. The number of aliphatic hydroxyl groups is 1. The first-order chi connectivity index (χ1) is 9.10. The zero-order valence-corrected chi connectivity index (χ0v) is 11.1. The van der Waals surface area contributed by atoms with Gasteiger partial charge in [0.1, 0.15) is 5.69 Å². The van der Waals surface area contributed by atoms with E-state index >= 15 is 0 Å². The highest BCUT2D eigenvalue weighted by molar-refractivity contribution is 5.97. The molecule has 1 atom stereocenters. The molecule has 1 aromatic rings. The molecule has 0 bridgehead atoms. The van der Waals surface area contributed by atoms with Gasteiger partial charge in [0, 0.05) is 31.6 Å². The summed E-state index contributed by atoms with van der Waals surface area (Å²) >= 11 is 0. The van der Waals surface area contributed by atoms with Crippen molar-refractivity contribution in [1.82, 2.24) is 20.1 Å². The van der Waals surface area contributed by atoms with Gasteiger partial charge in [-0.3, -0.25) is 9.48 Å². The SMILES string of the molecule is C[C@@H]1Cc2nn3c(c2CN1)C(=O)N(C)N=C(CO)C3. The fourth-order valence-electron chi connectivity index (χ4n) is 2.59. The van der Waals surface area contributed by atoms with Crippen LogP contribution in [0.4, 0.5) is 0 Å². The molecular formula is C12H17N5O2. The van der Waals surface area contributed by atoms with Crippen LogP contribution in [0, 0.1) is 0 Å². The summed E-state index contributed by atoms with van der Waals surface area (Å²) < 4.78 is 1.67. The quantitative estimate of drug-likeness (QED) is 0.705. The van der Waals surface area contributed by atoms with E-state index in [1.54, 1.807) is 11.7 Å². The molecule has 0 fully saturated rings. The van der Waals surface area contributed by atoms with E-state index in [0.717, 1.165) is 17.7 Å². The second kappa shape index (κ2) is 4.43. The number of fused-ring (bicyclic) bond motifs is 3. The molecule has 0 unspecified atom stereocenters. The number of nitrogens with zero attached hydrogens (tertiary/aromatic N) is 4. The summed E-state index contributed by atoms with van der Waals surface area (Å²) in [5.41, 5.74) is 3.06. The summed E-state index contributed by atoms with van der Waals surface area (Å²) in [6, 6.07) is 0.366. The average molecular weight is 263 g/mol. The van der Waals surface area contributed by atoms with Crippen LogP contribution >= 0.6 is 0 Å². The monoisotopic (exact) mass is 263 g/mol. The van der Waals surface area contributed by atoms with Gasteiger partial charge in [0.05, 0.1) is 24.6 Å². The highest BCUT2D eigenvalue weighted by Crippen LogP contribution is 2.23. The van der Waals surface area contributed by atoms with E-state index in [1.165, 1.54) is 5.01 Å². The van der Waals surface area contributed by atoms with Gasteiger partial charge in [-0.05, 0) is 6.92 Å². The summed E-state index contributed by atoms with van der Waals surface area (Å²) in [6.45, 7) is 2.95. The Morgan fingerprint density at radius 3 is 3.05 bits per heavy atom. The van der Waals surface area contributed by atoms with Gasteiger partial charge in [-0.25, -0.2) is 5.01 Å². The van der Waals surface area contributed by atoms with Gasteiger partial charge in [0.25, 0.3) is 5.91 Å². The van der Waals surface area contributed by atoms with Crippen LogP contribution in [0.5, 0.6) is 0 Å². The molecule has 0 aromatic carbocycles. The van der Waals surface area contributed by atoms with Gasteiger partial charge in [0.2, 0.25) is 0 Å². The van der Waals surface area contributed by atoms with E-state index in [1.807, 2.05) is 0 Å². The number of aromatic nitrogens is 2. The molecule has 0 aliphatic carbocycles. The number of hydrogen-bond donors (Lipinski definition) is 2. The van der Waals surface area contributed by atoms with Crippen molar-refractivity contribution in [2.24, 2.45) is 5.10 Å². The minimum absolute atomic E-state index is 0.170. The number of rotatable bonds is 1. The van der Waals surface area contributed by atoms with E-state index in [-0.39, 0.29) is 12.5 Å². The van der Waals surface area contributed by atoms with Crippen molar-refractivity contribution >= 4 is 11.6 Å². The Labute approximate surface area is 110 Å². The fraction of sp³-hybridized carbons (Fsp3) is 0.583. The Morgan fingerprint density at radius 1 is 1.53 bits per heavy atom. The van der Waals surface area contributed by atoms with E-state index in [0.29, 0.717) is 30.5 Å². The number of aliphatic hydroxyl groups excluding tert-OH is 1. The lowest BCUT2D eigenvalue weighted by atomic mass is 10.0. The van der Waals surface area contributed by atoms with Gasteiger partial charge in [-0.1, -0.05) is 0 Å². The molecule has 1 amide bonds. The second-order valence-corrected chi connectivity index (χ2v) is 5.07.